The lowest BCUT2D eigenvalue weighted by Crippen LogP contribution is -2.35. The van der Waals surface area contributed by atoms with Gasteiger partial charge in [0, 0.05) is 38.0 Å². The van der Waals surface area contributed by atoms with Crippen LogP contribution in [0.4, 0.5) is 0 Å². The lowest BCUT2D eigenvalue weighted by molar-refractivity contribution is -0.124. The SMILES string of the molecule is COCc1ccc(C(=O)N[C@@H]2CC[C@H](C(=O)NCCn3cccn3)C2)o1. The number of carbonyl (C=O) groups is 2. The summed E-state index contributed by atoms with van der Waals surface area (Å²) < 4.78 is 12.2. The van der Waals surface area contributed by atoms with E-state index in [4.69, 9.17) is 9.15 Å². The molecular formula is C18H24N4O4. The Morgan fingerprint density at radius 1 is 1.38 bits per heavy atom. The number of rotatable bonds is 8. The van der Waals surface area contributed by atoms with Gasteiger partial charge in [0.15, 0.2) is 5.76 Å². The average Bonchev–Trinajstić information content (AvgIpc) is 3.36. The van der Waals surface area contributed by atoms with Crippen LogP contribution in [0.1, 0.15) is 35.6 Å². The molecule has 26 heavy (non-hydrogen) atoms. The van der Waals surface area contributed by atoms with Crippen LogP contribution < -0.4 is 10.6 Å². The Balaban J connectivity index is 1.41. The van der Waals surface area contributed by atoms with Crippen molar-refractivity contribution >= 4 is 11.8 Å². The van der Waals surface area contributed by atoms with Crippen LogP contribution in [0.15, 0.2) is 35.0 Å². The Morgan fingerprint density at radius 3 is 3.04 bits per heavy atom. The van der Waals surface area contributed by atoms with Crippen molar-refractivity contribution in [3.8, 4) is 0 Å². The second kappa shape index (κ2) is 8.66. The Bertz CT molecular complexity index is 725. The zero-order valence-electron chi connectivity index (χ0n) is 14.8. The molecule has 1 fully saturated rings. The van der Waals surface area contributed by atoms with E-state index in [0.29, 0.717) is 31.9 Å². The van der Waals surface area contributed by atoms with E-state index in [9.17, 15) is 9.59 Å². The summed E-state index contributed by atoms with van der Waals surface area (Å²) in [7, 11) is 1.57. The summed E-state index contributed by atoms with van der Waals surface area (Å²) in [6, 6.07) is 5.20. The van der Waals surface area contributed by atoms with Gasteiger partial charge in [-0.1, -0.05) is 0 Å². The van der Waals surface area contributed by atoms with Crippen LogP contribution in [0.5, 0.6) is 0 Å². The average molecular weight is 360 g/mol. The third kappa shape index (κ3) is 4.72. The normalized spacial score (nSPS) is 19.4. The number of amides is 2. The van der Waals surface area contributed by atoms with Gasteiger partial charge in [0.2, 0.25) is 5.91 Å². The van der Waals surface area contributed by atoms with Crippen molar-refractivity contribution in [3.05, 3.63) is 42.1 Å². The van der Waals surface area contributed by atoms with Gasteiger partial charge in [0.1, 0.15) is 12.4 Å². The van der Waals surface area contributed by atoms with E-state index >= 15 is 0 Å². The molecule has 140 valence electrons. The minimum Gasteiger partial charge on any atom is -0.453 e. The fourth-order valence-electron chi connectivity index (χ4n) is 3.20. The number of carbonyl (C=O) groups excluding carboxylic acids is 2. The lowest BCUT2D eigenvalue weighted by atomic mass is 10.1. The van der Waals surface area contributed by atoms with E-state index in [2.05, 4.69) is 15.7 Å². The third-order valence-electron chi connectivity index (χ3n) is 4.51. The van der Waals surface area contributed by atoms with Crippen molar-refractivity contribution in [2.75, 3.05) is 13.7 Å². The molecule has 0 unspecified atom stereocenters. The molecule has 0 bridgehead atoms. The first-order valence-corrected chi connectivity index (χ1v) is 8.79. The van der Waals surface area contributed by atoms with Crippen LogP contribution in [-0.2, 0) is 22.7 Å². The highest BCUT2D eigenvalue weighted by molar-refractivity contribution is 5.91. The van der Waals surface area contributed by atoms with Gasteiger partial charge in [-0.25, -0.2) is 0 Å². The molecule has 2 aromatic heterocycles. The first kappa shape index (κ1) is 18.2. The van der Waals surface area contributed by atoms with Crippen LogP contribution >= 0.6 is 0 Å². The Hall–Kier alpha value is -2.61. The van der Waals surface area contributed by atoms with E-state index < -0.39 is 0 Å². The van der Waals surface area contributed by atoms with Crippen molar-refractivity contribution in [3.63, 3.8) is 0 Å². The van der Waals surface area contributed by atoms with Gasteiger partial charge in [0.05, 0.1) is 6.54 Å². The first-order valence-electron chi connectivity index (χ1n) is 8.79. The van der Waals surface area contributed by atoms with E-state index in [1.807, 2.05) is 12.3 Å². The van der Waals surface area contributed by atoms with E-state index in [-0.39, 0.29) is 29.5 Å². The predicted octanol–water partition coefficient (Wildman–Crippen LogP) is 1.34. The maximum absolute atomic E-state index is 12.3. The minimum absolute atomic E-state index is 0.0136. The fourth-order valence-corrected chi connectivity index (χ4v) is 3.20. The number of furan rings is 1. The third-order valence-corrected chi connectivity index (χ3v) is 4.51. The smallest absolute Gasteiger partial charge is 0.287 e. The highest BCUT2D eigenvalue weighted by atomic mass is 16.5. The molecule has 0 spiro atoms. The van der Waals surface area contributed by atoms with Gasteiger partial charge in [-0.05, 0) is 37.5 Å². The molecule has 0 aliphatic heterocycles. The van der Waals surface area contributed by atoms with Crippen molar-refractivity contribution < 1.29 is 18.7 Å². The van der Waals surface area contributed by atoms with Crippen molar-refractivity contribution in [2.45, 2.75) is 38.5 Å². The predicted molar refractivity (Wildman–Crippen MR) is 93.3 cm³/mol. The van der Waals surface area contributed by atoms with Crippen LogP contribution in [0, 0.1) is 5.92 Å². The molecule has 8 heteroatoms. The Kier molecular flexibility index (Phi) is 6.06. The molecule has 2 heterocycles. The van der Waals surface area contributed by atoms with Gasteiger partial charge in [-0.3, -0.25) is 14.3 Å². The van der Waals surface area contributed by atoms with Gasteiger partial charge >= 0.3 is 0 Å². The number of hydrogen-bond donors (Lipinski definition) is 2. The van der Waals surface area contributed by atoms with E-state index in [0.717, 1.165) is 12.8 Å². The fraction of sp³-hybridized carbons (Fsp3) is 0.500. The molecule has 3 rings (SSSR count). The van der Waals surface area contributed by atoms with Gasteiger partial charge < -0.3 is 19.8 Å². The number of ether oxygens (including phenoxy) is 1. The monoisotopic (exact) mass is 360 g/mol. The summed E-state index contributed by atoms with van der Waals surface area (Å²) in [6.07, 6.45) is 5.77. The van der Waals surface area contributed by atoms with Gasteiger partial charge in [-0.2, -0.15) is 5.10 Å². The van der Waals surface area contributed by atoms with Crippen molar-refractivity contribution in [1.29, 1.82) is 0 Å². The summed E-state index contributed by atoms with van der Waals surface area (Å²) in [6.45, 7) is 1.52. The van der Waals surface area contributed by atoms with Crippen LogP contribution in [0.25, 0.3) is 0 Å². The standard InChI is InChI=1S/C18H24N4O4/c1-25-12-15-5-6-16(26-15)18(24)21-14-4-3-13(11-14)17(23)19-8-10-22-9-2-7-20-22/h2,5-7,9,13-14H,3-4,8,10-12H2,1H3,(H,19,23)(H,21,24)/t13-,14+/m0/s1. The second-order valence-electron chi connectivity index (χ2n) is 6.44. The van der Waals surface area contributed by atoms with Crippen molar-refractivity contribution in [1.82, 2.24) is 20.4 Å². The molecule has 2 N–H and O–H groups in total. The number of nitrogens with one attached hydrogen (secondary N) is 2. The molecule has 1 aliphatic carbocycles. The van der Waals surface area contributed by atoms with E-state index in [1.54, 1.807) is 30.1 Å². The molecule has 2 aromatic rings. The molecule has 0 saturated heterocycles. The maximum Gasteiger partial charge on any atom is 0.287 e. The zero-order valence-corrected chi connectivity index (χ0v) is 14.8. The topological polar surface area (TPSA) is 98.4 Å². The van der Waals surface area contributed by atoms with Crippen LogP contribution in [0.2, 0.25) is 0 Å². The largest absolute Gasteiger partial charge is 0.453 e. The molecular weight excluding hydrogens is 336 g/mol. The first-order chi connectivity index (χ1) is 12.7. The molecule has 0 aromatic carbocycles. The quantitative estimate of drug-likeness (QED) is 0.740. The minimum atomic E-state index is -0.253. The lowest BCUT2D eigenvalue weighted by Gasteiger charge is -2.13. The zero-order chi connectivity index (χ0) is 18.4. The van der Waals surface area contributed by atoms with E-state index in [1.165, 1.54) is 0 Å². The highest BCUT2D eigenvalue weighted by Gasteiger charge is 2.31. The molecule has 2 amide bonds. The van der Waals surface area contributed by atoms with Crippen molar-refractivity contribution in [2.24, 2.45) is 5.92 Å². The summed E-state index contributed by atoms with van der Waals surface area (Å²) >= 11 is 0. The van der Waals surface area contributed by atoms with Crippen LogP contribution in [-0.4, -0.2) is 41.3 Å². The Morgan fingerprint density at radius 2 is 2.27 bits per heavy atom. The van der Waals surface area contributed by atoms with Crippen LogP contribution in [0.3, 0.4) is 0 Å². The number of methoxy groups -OCH3 is 1. The maximum atomic E-state index is 12.3. The Labute approximate surface area is 151 Å². The summed E-state index contributed by atoms with van der Waals surface area (Å²) in [5.41, 5.74) is 0. The highest BCUT2D eigenvalue weighted by Crippen LogP contribution is 2.26. The second-order valence-corrected chi connectivity index (χ2v) is 6.44. The van der Waals surface area contributed by atoms with Gasteiger partial charge in [-0.15, -0.1) is 0 Å². The molecule has 2 atom stereocenters. The number of aromatic nitrogens is 2. The number of hydrogen-bond acceptors (Lipinski definition) is 5. The number of nitrogens with zero attached hydrogens (tertiary/aromatic N) is 2. The molecule has 0 radical (unpaired) electrons. The molecule has 1 aliphatic rings. The summed E-state index contributed by atoms with van der Waals surface area (Å²) in [5.74, 6) is 0.590. The summed E-state index contributed by atoms with van der Waals surface area (Å²) in [4.78, 5) is 24.5. The molecule has 1 saturated carbocycles. The summed E-state index contributed by atoms with van der Waals surface area (Å²) in [5, 5.41) is 9.99. The van der Waals surface area contributed by atoms with Gasteiger partial charge in [0.25, 0.3) is 5.91 Å². The molecule has 8 nitrogen and oxygen atoms in total.